The van der Waals surface area contributed by atoms with E-state index < -0.39 is 20.8 Å². The Labute approximate surface area is 202 Å². The second kappa shape index (κ2) is 14.1. The largest absolute Gasteiger partial charge is 1.00 e. The topological polar surface area (TPSA) is 86.7 Å². The number of hydrogen-bond acceptors (Lipinski definition) is 4. The van der Waals surface area contributed by atoms with Gasteiger partial charge in [-0.1, -0.05) is 76.5 Å². The number of benzene rings is 2. The van der Waals surface area contributed by atoms with Gasteiger partial charge in [0.1, 0.15) is 16.4 Å². The number of unbranched alkanes of at least 4 members (excludes halogenated alkanes) is 8. The predicted molar refractivity (Wildman–Crippen MR) is 113 cm³/mol. The summed E-state index contributed by atoms with van der Waals surface area (Å²) >= 11 is 0. The van der Waals surface area contributed by atoms with E-state index in [2.05, 4.69) is 6.92 Å². The summed E-state index contributed by atoms with van der Waals surface area (Å²) in [5, 5.41) is 11.4. The molecule has 30 heavy (non-hydrogen) atoms. The molecule has 2 aromatic rings. The van der Waals surface area contributed by atoms with Gasteiger partial charge in [0.2, 0.25) is 0 Å². The molecule has 2 rings (SSSR count). The van der Waals surface area contributed by atoms with E-state index in [4.69, 9.17) is 4.74 Å². The first-order valence-electron chi connectivity index (χ1n) is 10.5. The third kappa shape index (κ3) is 9.84. The van der Waals surface area contributed by atoms with Crippen LogP contribution in [0.1, 0.15) is 70.3 Å². The molecule has 0 aliphatic carbocycles. The zero-order valence-electron chi connectivity index (χ0n) is 18.1. The van der Waals surface area contributed by atoms with Crippen molar-refractivity contribution in [3.8, 4) is 17.2 Å². The van der Waals surface area contributed by atoms with Crippen molar-refractivity contribution in [2.24, 2.45) is 0 Å². The Hall–Kier alpha value is -1.05. The number of ether oxygens (including phenoxy) is 1. The normalized spacial score (nSPS) is 11.1. The van der Waals surface area contributed by atoms with Crippen LogP contribution in [0, 0.1) is 0 Å². The van der Waals surface area contributed by atoms with E-state index in [0.717, 1.165) is 18.9 Å². The molecule has 0 aromatic heterocycles. The van der Waals surface area contributed by atoms with Crippen molar-refractivity contribution in [2.75, 3.05) is 0 Å². The molecule has 5 nitrogen and oxygen atoms in total. The van der Waals surface area contributed by atoms with Gasteiger partial charge < -0.3 is 9.84 Å². The zero-order valence-corrected chi connectivity index (χ0v) is 20.9. The molecule has 0 aliphatic rings. The average Bonchev–Trinajstić information content (AvgIpc) is 2.68. The zero-order chi connectivity index (χ0) is 21.1. The van der Waals surface area contributed by atoms with E-state index in [-0.39, 0.29) is 35.3 Å². The predicted octanol–water partition coefficient (Wildman–Crippen LogP) is 2.88. The molecule has 0 heterocycles. The van der Waals surface area contributed by atoms with Crippen molar-refractivity contribution in [1.29, 1.82) is 0 Å². The van der Waals surface area contributed by atoms with Crippen LogP contribution in [0.4, 0.5) is 0 Å². The second-order valence-electron chi connectivity index (χ2n) is 7.41. The van der Waals surface area contributed by atoms with E-state index in [0.29, 0.717) is 5.75 Å². The van der Waals surface area contributed by atoms with E-state index in [1.807, 2.05) is 12.1 Å². The van der Waals surface area contributed by atoms with Crippen LogP contribution < -0.4 is 39.4 Å². The monoisotopic (exact) mass is 442 g/mol. The van der Waals surface area contributed by atoms with Crippen molar-refractivity contribution in [3.05, 3.63) is 48.0 Å². The molecule has 160 valence electrons. The summed E-state index contributed by atoms with van der Waals surface area (Å²) in [6, 6.07) is 10.7. The van der Waals surface area contributed by atoms with Gasteiger partial charge in [-0.15, -0.1) is 5.75 Å². The van der Waals surface area contributed by atoms with Gasteiger partial charge in [-0.3, -0.25) is 4.55 Å². The minimum absolute atomic E-state index is 0. The molecule has 0 spiro atoms. The fourth-order valence-corrected chi connectivity index (χ4v) is 3.89. The van der Waals surface area contributed by atoms with Gasteiger partial charge >= 0.3 is 29.6 Å². The van der Waals surface area contributed by atoms with Crippen LogP contribution in [0.25, 0.3) is 0 Å². The molecule has 0 amide bonds. The fourth-order valence-electron chi connectivity index (χ4n) is 3.27. The molecule has 0 fully saturated rings. The number of hydrogen-bond donors (Lipinski definition) is 1. The van der Waals surface area contributed by atoms with E-state index in [1.165, 1.54) is 69.1 Å². The maximum Gasteiger partial charge on any atom is 1.00 e. The smallest absolute Gasteiger partial charge is 0.872 e. The van der Waals surface area contributed by atoms with Crippen LogP contribution in [0.15, 0.2) is 47.4 Å². The van der Waals surface area contributed by atoms with Crippen molar-refractivity contribution in [1.82, 2.24) is 0 Å². The van der Waals surface area contributed by atoms with E-state index in [1.54, 1.807) is 12.1 Å². The summed E-state index contributed by atoms with van der Waals surface area (Å²) in [5.74, 6) is -0.135. The Balaban J connectivity index is 0.00000450. The van der Waals surface area contributed by atoms with Crippen molar-refractivity contribution >= 4 is 10.1 Å². The molecule has 2 aromatic carbocycles. The van der Waals surface area contributed by atoms with Gasteiger partial charge in [0.25, 0.3) is 10.1 Å². The molecule has 0 unspecified atom stereocenters. The van der Waals surface area contributed by atoms with Gasteiger partial charge in [-0.2, -0.15) is 8.42 Å². The third-order valence-corrected chi connectivity index (χ3v) is 5.79. The second-order valence-corrected chi connectivity index (χ2v) is 8.80. The van der Waals surface area contributed by atoms with Gasteiger partial charge in [0.15, 0.2) is 0 Å². The number of aryl methyl sites for hydroxylation is 1. The van der Waals surface area contributed by atoms with Gasteiger partial charge in [-0.05, 0) is 42.7 Å². The molecule has 0 saturated carbocycles. The fraction of sp³-hybridized carbons (Fsp3) is 0.478. The Morgan fingerprint density at radius 1 is 0.867 bits per heavy atom. The van der Waals surface area contributed by atoms with Crippen LogP contribution in [0.5, 0.6) is 17.2 Å². The third-order valence-electron chi connectivity index (χ3n) is 4.91. The molecule has 0 saturated heterocycles. The summed E-state index contributed by atoms with van der Waals surface area (Å²) in [6.45, 7) is 2.24. The number of rotatable bonds is 13. The summed E-state index contributed by atoms with van der Waals surface area (Å²) in [7, 11) is -4.54. The van der Waals surface area contributed by atoms with E-state index in [9.17, 15) is 18.1 Å². The maximum absolute atomic E-state index is 11.4. The van der Waals surface area contributed by atoms with Crippen LogP contribution in [-0.2, 0) is 16.5 Å². The van der Waals surface area contributed by atoms with Crippen LogP contribution in [0.3, 0.4) is 0 Å². The van der Waals surface area contributed by atoms with Gasteiger partial charge in [0, 0.05) is 0 Å². The Morgan fingerprint density at radius 2 is 1.43 bits per heavy atom. The minimum atomic E-state index is -4.54. The van der Waals surface area contributed by atoms with Crippen LogP contribution >= 0.6 is 0 Å². The maximum atomic E-state index is 11.4. The molecule has 0 aliphatic heterocycles. The van der Waals surface area contributed by atoms with Crippen molar-refractivity contribution in [2.45, 2.75) is 76.0 Å². The Bertz CT molecular complexity index is 850. The average molecular weight is 443 g/mol. The molecule has 0 atom stereocenters. The summed E-state index contributed by atoms with van der Waals surface area (Å²) in [6.07, 6.45) is 12.7. The Kier molecular flexibility index (Phi) is 12.7. The van der Waals surface area contributed by atoms with Crippen molar-refractivity contribution < 1.29 is 52.4 Å². The first-order chi connectivity index (χ1) is 13.9. The van der Waals surface area contributed by atoms with Crippen LogP contribution in [0.2, 0.25) is 0 Å². The van der Waals surface area contributed by atoms with Gasteiger partial charge in [0.05, 0.1) is 0 Å². The SMILES string of the molecule is CCCCCCCCCCCc1ccc(Oc2ccc([O-])cc2S(=O)(=O)O)cc1.[Na+]. The summed E-state index contributed by atoms with van der Waals surface area (Å²) in [5.41, 5.74) is 1.20. The molecule has 0 radical (unpaired) electrons. The quantitative estimate of drug-likeness (QED) is 0.293. The molecule has 1 N–H and O–H groups in total. The standard InChI is InChI=1S/C23H32O5S.Na/c1-2-3-4-5-6-7-8-9-10-11-19-12-15-21(16-13-19)28-22-17-14-20(24)18-23(22)29(25,26)27;/h12-18,24H,2-11H2,1H3,(H,25,26,27);/q;+1/p-1. The van der Waals surface area contributed by atoms with Crippen molar-refractivity contribution in [3.63, 3.8) is 0 Å². The Morgan fingerprint density at radius 3 is 2.00 bits per heavy atom. The van der Waals surface area contributed by atoms with Gasteiger partial charge in [-0.25, -0.2) is 0 Å². The molecular weight excluding hydrogens is 411 g/mol. The van der Waals surface area contributed by atoms with E-state index >= 15 is 0 Å². The molecular formula is C23H31NaO5S. The van der Waals surface area contributed by atoms with Crippen LogP contribution in [-0.4, -0.2) is 13.0 Å². The summed E-state index contributed by atoms with van der Waals surface area (Å²) < 4.78 is 37.7. The first kappa shape index (κ1) is 27.0. The minimum Gasteiger partial charge on any atom is -0.872 e. The summed E-state index contributed by atoms with van der Waals surface area (Å²) in [4.78, 5) is -0.524. The first-order valence-corrected chi connectivity index (χ1v) is 11.9. The molecule has 7 heteroatoms. The molecule has 0 bridgehead atoms.